The van der Waals surface area contributed by atoms with Crippen molar-refractivity contribution in [2.75, 3.05) is 5.32 Å². The number of nitrogens with one attached hydrogen (secondary N) is 1. The van der Waals surface area contributed by atoms with Crippen molar-refractivity contribution >= 4 is 72.1 Å². The molecule has 4 nitrogen and oxygen atoms in total. The molecule has 0 bridgehead atoms. The van der Waals surface area contributed by atoms with E-state index in [-0.39, 0.29) is 10.4 Å². The molecule has 2 N–H and O–H groups in total. The lowest BCUT2D eigenvalue weighted by molar-refractivity contribution is 0.0693. The highest BCUT2D eigenvalue weighted by Crippen LogP contribution is 2.36. The number of carboxylic acids is 1. The van der Waals surface area contributed by atoms with Crippen molar-refractivity contribution in [3.63, 3.8) is 0 Å². The van der Waals surface area contributed by atoms with E-state index in [0.29, 0.717) is 5.69 Å². The van der Waals surface area contributed by atoms with E-state index in [1.165, 1.54) is 17.4 Å². The van der Waals surface area contributed by atoms with Crippen molar-refractivity contribution in [2.24, 2.45) is 0 Å². The lowest BCUT2D eigenvalue weighted by Gasteiger charge is -2.02. The number of carbonyl (C=O) groups excluding carboxylic acids is 1. The van der Waals surface area contributed by atoms with Gasteiger partial charge in [0, 0.05) is 0 Å². The van der Waals surface area contributed by atoms with Gasteiger partial charge in [0.05, 0.1) is 18.8 Å². The maximum Gasteiger partial charge on any atom is 0.337 e. The number of hydrogen-bond donors (Lipinski definition) is 2. The predicted octanol–water partition coefficient (Wildman–Crippen LogP) is 4.29. The Bertz CT molecular complexity index is 620. The highest BCUT2D eigenvalue weighted by atomic mass is 79.9. The van der Waals surface area contributed by atoms with Crippen molar-refractivity contribution < 1.29 is 14.7 Å². The molecule has 0 unspecified atom stereocenters. The standard InChI is InChI=1S/C10H5Br2NO3S2/c11-6-3-5(8(12)18-6)13-9(14)7-4(10(15)16)1-2-17-7/h1-3H,(H,13,14)(H,15,16). The fourth-order valence-electron chi connectivity index (χ4n) is 1.26. The Balaban J connectivity index is 2.25. The number of halogens is 2. The summed E-state index contributed by atoms with van der Waals surface area (Å²) in [6.45, 7) is 0. The zero-order chi connectivity index (χ0) is 13.3. The van der Waals surface area contributed by atoms with E-state index in [0.717, 1.165) is 18.9 Å². The van der Waals surface area contributed by atoms with Gasteiger partial charge in [-0.25, -0.2) is 4.79 Å². The molecule has 0 spiro atoms. The Morgan fingerprint density at radius 1 is 1.33 bits per heavy atom. The summed E-state index contributed by atoms with van der Waals surface area (Å²) in [4.78, 5) is 23.1. The molecule has 0 aliphatic carbocycles. The number of anilines is 1. The Kier molecular flexibility index (Phi) is 4.21. The monoisotopic (exact) mass is 409 g/mol. The third-order valence-corrected chi connectivity index (χ3v) is 5.26. The molecule has 0 aromatic carbocycles. The molecule has 0 saturated heterocycles. The summed E-state index contributed by atoms with van der Waals surface area (Å²) in [5.74, 6) is -1.53. The van der Waals surface area contributed by atoms with Gasteiger partial charge in [0.2, 0.25) is 0 Å². The molecular weight excluding hydrogens is 406 g/mol. The Morgan fingerprint density at radius 2 is 2.06 bits per heavy atom. The van der Waals surface area contributed by atoms with Gasteiger partial charge in [0.15, 0.2) is 0 Å². The maximum atomic E-state index is 12.0. The summed E-state index contributed by atoms with van der Waals surface area (Å²) in [5.41, 5.74) is 0.629. The molecule has 2 heterocycles. The molecule has 94 valence electrons. The predicted molar refractivity (Wildman–Crippen MR) is 79.0 cm³/mol. The third kappa shape index (κ3) is 2.82. The molecule has 0 radical (unpaired) electrons. The van der Waals surface area contributed by atoms with Crippen LogP contribution in [-0.4, -0.2) is 17.0 Å². The summed E-state index contributed by atoms with van der Waals surface area (Å²) < 4.78 is 1.64. The SMILES string of the molecule is O=C(O)c1ccsc1C(=O)Nc1cc(Br)sc1Br. The fraction of sp³-hybridized carbons (Fsp3) is 0. The quantitative estimate of drug-likeness (QED) is 0.793. The van der Waals surface area contributed by atoms with E-state index in [2.05, 4.69) is 37.2 Å². The van der Waals surface area contributed by atoms with Crippen LogP contribution in [-0.2, 0) is 0 Å². The van der Waals surface area contributed by atoms with Gasteiger partial charge in [-0.15, -0.1) is 22.7 Å². The fourth-order valence-corrected chi connectivity index (χ4v) is 4.71. The largest absolute Gasteiger partial charge is 0.478 e. The number of aromatic carboxylic acids is 1. The Hall–Kier alpha value is -0.700. The normalized spacial score (nSPS) is 10.3. The van der Waals surface area contributed by atoms with Crippen LogP contribution < -0.4 is 5.32 Å². The molecule has 2 rings (SSSR count). The number of thiophene rings is 2. The van der Waals surface area contributed by atoms with E-state index in [4.69, 9.17) is 5.11 Å². The summed E-state index contributed by atoms with van der Waals surface area (Å²) in [5, 5.41) is 13.2. The zero-order valence-electron chi connectivity index (χ0n) is 8.57. The van der Waals surface area contributed by atoms with Gasteiger partial charge in [0.25, 0.3) is 5.91 Å². The molecule has 8 heteroatoms. The Morgan fingerprint density at radius 3 is 2.61 bits per heavy atom. The van der Waals surface area contributed by atoms with Crippen molar-refractivity contribution in [2.45, 2.75) is 0 Å². The van der Waals surface area contributed by atoms with Crippen LogP contribution in [0.15, 0.2) is 25.1 Å². The van der Waals surface area contributed by atoms with E-state index >= 15 is 0 Å². The molecular formula is C10H5Br2NO3S2. The number of carbonyl (C=O) groups is 2. The minimum absolute atomic E-state index is 0.0166. The molecule has 0 atom stereocenters. The number of hydrogen-bond acceptors (Lipinski definition) is 4. The van der Waals surface area contributed by atoms with Crippen molar-refractivity contribution in [3.05, 3.63) is 35.5 Å². The van der Waals surface area contributed by atoms with Gasteiger partial charge in [-0.3, -0.25) is 4.79 Å². The molecule has 0 fully saturated rings. The summed E-state index contributed by atoms with van der Waals surface area (Å²) >= 11 is 9.15. The summed E-state index contributed by atoms with van der Waals surface area (Å²) in [6, 6.07) is 3.17. The molecule has 18 heavy (non-hydrogen) atoms. The smallest absolute Gasteiger partial charge is 0.337 e. The van der Waals surface area contributed by atoms with E-state index < -0.39 is 11.9 Å². The van der Waals surface area contributed by atoms with Gasteiger partial charge in [-0.05, 0) is 49.4 Å². The van der Waals surface area contributed by atoms with Crippen molar-refractivity contribution in [1.82, 2.24) is 0 Å². The number of carboxylic acid groups (broad SMARTS) is 1. The third-order valence-electron chi connectivity index (χ3n) is 2.01. The first-order chi connectivity index (χ1) is 8.49. The van der Waals surface area contributed by atoms with Gasteiger partial charge in [0.1, 0.15) is 4.88 Å². The summed E-state index contributed by atoms with van der Waals surface area (Å²) in [7, 11) is 0. The van der Waals surface area contributed by atoms with Gasteiger partial charge < -0.3 is 10.4 Å². The first-order valence-corrected chi connectivity index (χ1v) is 7.84. The second kappa shape index (κ2) is 5.52. The van der Waals surface area contributed by atoms with Crippen LogP contribution >= 0.6 is 54.5 Å². The first-order valence-electron chi connectivity index (χ1n) is 4.56. The minimum Gasteiger partial charge on any atom is -0.478 e. The molecule has 1 amide bonds. The first kappa shape index (κ1) is 13.7. The number of rotatable bonds is 3. The van der Waals surface area contributed by atoms with Crippen LogP contribution in [0.25, 0.3) is 0 Å². The maximum absolute atomic E-state index is 12.0. The van der Waals surface area contributed by atoms with Crippen LogP contribution in [0.1, 0.15) is 20.0 Å². The minimum atomic E-state index is -1.10. The second-order valence-corrected chi connectivity index (χ2v) is 7.83. The molecule has 2 aromatic rings. The highest BCUT2D eigenvalue weighted by Gasteiger charge is 2.19. The lowest BCUT2D eigenvalue weighted by Crippen LogP contribution is -2.13. The van der Waals surface area contributed by atoms with Crippen LogP contribution in [0.5, 0.6) is 0 Å². The van der Waals surface area contributed by atoms with Crippen LogP contribution in [0, 0.1) is 0 Å². The molecule has 0 aliphatic heterocycles. The molecule has 2 aromatic heterocycles. The van der Waals surface area contributed by atoms with E-state index in [9.17, 15) is 9.59 Å². The molecule has 0 aliphatic rings. The van der Waals surface area contributed by atoms with Gasteiger partial charge >= 0.3 is 5.97 Å². The van der Waals surface area contributed by atoms with E-state index in [1.807, 2.05) is 0 Å². The Labute approximate surface area is 127 Å². The van der Waals surface area contributed by atoms with Crippen molar-refractivity contribution in [1.29, 1.82) is 0 Å². The van der Waals surface area contributed by atoms with Crippen LogP contribution in [0.4, 0.5) is 5.69 Å². The van der Waals surface area contributed by atoms with Crippen LogP contribution in [0.2, 0.25) is 0 Å². The van der Waals surface area contributed by atoms with Crippen molar-refractivity contribution in [3.8, 4) is 0 Å². The van der Waals surface area contributed by atoms with Gasteiger partial charge in [-0.2, -0.15) is 0 Å². The summed E-state index contributed by atoms with van der Waals surface area (Å²) in [6.07, 6.45) is 0. The number of amides is 1. The highest BCUT2D eigenvalue weighted by molar-refractivity contribution is 9.12. The average molecular weight is 411 g/mol. The average Bonchev–Trinajstić information content (AvgIpc) is 2.86. The topological polar surface area (TPSA) is 66.4 Å². The van der Waals surface area contributed by atoms with Gasteiger partial charge in [-0.1, -0.05) is 0 Å². The lowest BCUT2D eigenvalue weighted by atomic mass is 10.2. The van der Waals surface area contributed by atoms with Crippen LogP contribution in [0.3, 0.4) is 0 Å². The molecule has 0 saturated carbocycles. The van der Waals surface area contributed by atoms with E-state index in [1.54, 1.807) is 11.4 Å². The second-order valence-electron chi connectivity index (χ2n) is 3.16. The zero-order valence-corrected chi connectivity index (χ0v) is 13.4.